The number of Topliss-reactive ketones (excluding diaryl/α,β-unsaturated/α-hetero) is 1. The van der Waals surface area contributed by atoms with Gasteiger partial charge in [-0.15, -0.1) is 0 Å². The Morgan fingerprint density at radius 3 is 2.25 bits per heavy atom. The number of carbonyl (C=O) groups is 1. The van der Waals surface area contributed by atoms with Crippen LogP contribution in [0.15, 0.2) is 12.3 Å². The molecule has 1 aromatic rings. The van der Waals surface area contributed by atoms with Crippen LogP contribution in [0.3, 0.4) is 0 Å². The van der Waals surface area contributed by atoms with Crippen LogP contribution in [-0.2, 0) is 9.31 Å². The summed E-state index contributed by atoms with van der Waals surface area (Å²) in [5.74, 6) is 0.353. The molecule has 1 saturated heterocycles. The summed E-state index contributed by atoms with van der Waals surface area (Å²) in [7, 11) is 0.937. The quantitative estimate of drug-likeness (QED) is 0.620. The Morgan fingerprint density at radius 1 is 1.25 bits per heavy atom. The molecule has 1 fully saturated rings. The number of carbonyl (C=O) groups excluding carboxylic acids is 1. The van der Waals surface area contributed by atoms with Crippen molar-refractivity contribution in [2.24, 2.45) is 0 Å². The first kappa shape index (κ1) is 15.0. The van der Waals surface area contributed by atoms with Crippen LogP contribution in [0.25, 0.3) is 0 Å². The Hall–Kier alpha value is -1.40. The Labute approximate surface area is 119 Å². The lowest BCUT2D eigenvalue weighted by Gasteiger charge is -2.32. The highest BCUT2D eigenvalue weighted by Crippen LogP contribution is 2.37. The average molecular weight is 277 g/mol. The number of rotatable bonds is 3. The van der Waals surface area contributed by atoms with E-state index in [0.717, 1.165) is 0 Å². The lowest BCUT2D eigenvalue weighted by molar-refractivity contribution is 0.00578. The molecular formula is C14H20BNO4. The van der Waals surface area contributed by atoms with Gasteiger partial charge in [-0.1, -0.05) is 0 Å². The van der Waals surface area contributed by atoms with E-state index >= 15 is 0 Å². The number of aromatic nitrogens is 1. The van der Waals surface area contributed by atoms with Crippen molar-refractivity contribution >= 4 is 18.4 Å². The fourth-order valence-corrected chi connectivity index (χ4v) is 1.97. The summed E-state index contributed by atoms with van der Waals surface area (Å²) in [5, 5.41) is 0. The minimum absolute atomic E-state index is 0.0575. The molecule has 0 aromatic carbocycles. The normalized spacial score (nSPS) is 20.0. The van der Waals surface area contributed by atoms with E-state index in [1.165, 1.54) is 20.2 Å². The summed E-state index contributed by atoms with van der Waals surface area (Å²) >= 11 is 0. The molecular weight excluding hydrogens is 257 g/mol. The maximum absolute atomic E-state index is 11.5. The van der Waals surface area contributed by atoms with Gasteiger partial charge in [0.2, 0.25) is 5.88 Å². The lowest BCUT2D eigenvalue weighted by Crippen LogP contribution is -2.41. The van der Waals surface area contributed by atoms with Crippen molar-refractivity contribution in [3.05, 3.63) is 17.8 Å². The van der Waals surface area contributed by atoms with Crippen molar-refractivity contribution in [2.45, 2.75) is 45.8 Å². The van der Waals surface area contributed by atoms with E-state index < -0.39 is 18.3 Å². The number of pyridine rings is 1. The number of nitrogens with zero attached hydrogens (tertiary/aromatic N) is 1. The highest BCUT2D eigenvalue weighted by atomic mass is 16.7. The van der Waals surface area contributed by atoms with E-state index in [1.807, 2.05) is 27.7 Å². The van der Waals surface area contributed by atoms with Crippen LogP contribution in [0.5, 0.6) is 5.88 Å². The van der Waals surface area contributed by atoms with Crippen molar-refractivity contribution in [1.82, 2.24) is 4.98 Å². The van der Waals surface area contributed by atoms with Crippen LogP contribution in [0.4, 0.5) is 0 Å². The van der Waals surface area contributed by atoms with Gasteiger partial charge in [-0.2, -0.15) is 0 Å². The molecule has 0 spiro atoms. The Morgan fingerprint density at radius 2 is 1.80 bits per heavy atom. The maximum atomic E-state index is 11.5. The van der Waals surface area contributed by atoms with Gasteiger partial charge in [0.05, 0.1) is 18.3 Å². The van der Waals surface area contributed by atoms with Gasteiger partial charge in [0.1, 0.15) is 0 Å². The predicted octanol–water partition coefficient (Wildman–Crippen LogP) is 1.59. The van der Waals surface area contributed by atoms with E-state index in [0.29, 0.717) is 16.9 Å². The van der Waals surface area contributed by atoms with Crippen molar-refractivity contribution in [3.8, 4) is 5.88 Å². The molecule has 0 unspecified atom stereocenters. The number of methoxy groups -OCH3 is 1. The van der Waals surface area contributed by atoms with E-state index in [9.17, 15) is 4.79 Å². The molecule has 2 rings (SSSR count). The van der Waals surface area contributed by atoms with Crippen LogP contribution in [0.2, 0.25) is 0 Å². The zero-order chi connectivity index (χ0) is 15.1. The maximum Gasteiger partial charge on any atom is 0.500 e. The van der Waals surface area contributed by atoms with E-state index in [4.69, 9.17) is 14.0 Å². The number of ether oxygens (including phenoxy) is 1. The minimum atomic E-state index is -0.596. The Balaban J connectivity index is 2.43. The summed E-state index contributed by atoms with van der Waals surface area (Å²) in [4.78, 5) is 15.7. The van der Waals surface area contributed by atoms with Gasteiger partial charge in [0.15, 0.2) is 5.78 Å². The van der Waals surface area contributed by atoms with Crippen LogP contribution in [-0.4, -0.2) is 36.2 Å². The number of ketones is 1. The van der Waals surface area contributed by atoms with Gasteiger partial charge in [-0.3, -0.25) is 4.79 Å². The van der Waals surface area contributed by atoms with Gasteiger partial charge in [-0.05, 0) is 40.7 Å². The largest absolute Gasteiger partial charge is 0.500 e. The van der Waals surface area contributed by atoms with E-state index in [1.54, 1.807) is 6.07 Å². The molecule has 0 amide bonds. The van der Waals surface area contributed by atoms with Crippen molar-refractivity contribution < 1.29 is 18.8 Å². The molecule has 0 aliphatic carbocycles. The zero-order valence-corrected chi connectivity index (χ0v) is 12.8. The van der Waals surface area contributed by atoms with Crippen molar-refractivity contribution in [2.75, 3.05) is 7.11 Å². The topological polar surface area (TPSA) is 57.7 Å². The second-order valence-electron chi connectivity index (χ2n) is 5.97. The van der Waals surface area contributed by atoms with E-state index in [2.05, 4.69) is 4.98 Å². The molecule has 0 bridgehead atoms. The van der Waals surface area contributed by atoms with E-state index in [-0.39, 0.29) is 5.78 Å². The minimum Gasteiger partial charge on any atom is -0.481 e. The first-order valence-electron chi connectivity index (χ1n) is 6.58. The third kappa shape index (κ3) is 2.45. The summed E-state index contributed by atoms with van der Waals surface area (Å²) in [5.41, 5.74) is 0.249. The van der Waals surface area contributed by atoms with Gasteiger partial charge in [0, 0.05) is 17.2 Å². The monoisotopic (exact) mass is 277 g/mol. The molecule has 1 aromatic heterocycles. The molecule has 0 radical (unpaired) electrons. The molecule has 108 valence electrons. The number of hydrogen-bond donors (Lipinski definition) is 0. The Bertz CT molecular complexity index is 526. The zero-order valence-electron chi connectivity index (χ0n) is 12.8. The van der Waals surface area contributed by atoms with Crippen LogP contribution >= 0.6 is 0 Å². The second kappa shape index (κ2) is 4.86. The highest BCUT2D eigenvalue weighted by molar-refractivity contribution is 6.63. The Kier molecular flexibility index (Phi) is 3.65. The van der Waals surface area contributed by atoms with Gasteiger partial charge < -0.3 is 14.0 Å². The predicted molar refractivity (Wildman–Crippen MR) is 76.5 cm³/mol. The van der Waals surface area contributed by atoms with Crippen LogP contribution in [0, 0.1) is 0 Å². The first-order valence-corrected chi connectivity index (χ1v) is 6.58. The molecule has 2 heterocycles. The molecule has 6 heteroatoms. The smallest absolute Gasteiger partial charge is 0.481 e. The summed E-state index contributed by atoms with van der Waals surface area (Å²) in [6.07, 6.45) is 1.50. The molecule has 5 nitrogen and oxygen atoms in total. The third-order valence-corrected chi connectivity index (χ3v) is 3.99. The molecule has 1 aliphatic rings. The lowest BCUT2D eigenvalue weighted by atomic mass is 9.79. The van der Waals surface area contributed by atoms with Crippen LogP contribution in [0.1, 0.15) is 45.0 Å². The summed E-state index contributed by atoms with van der Waals surface area (Å²) < 4.78 is 17.2. The molecule has 0 atom stereocenters. The van der Waals surface area contributed by atoms with Gasteiger partial charge in [0.25, 0.3) is 0 Å². The van der Waals surface area contributed by atoms with Gasteiger partial charge >= 0.3 is 7.12 Å². The SMILES string of the molecule is COc1ncc(C(C)=O)cc1B1OC(C)(C)C(C)(C)O1. The molecule has 20 heavy (non-hydrogen) atoms. The van der Waals surface area contributed by atoms with Crippen molar-refractivity contribution in [1.29, 1.82) is 0 Å². The summed E-state index contributed by atoms with van der Waals surface area (Å²) in [6, 6.07) is 1.72. The molecule has 0 saturated carbocycles. The highest BCUT2D eigenvalue weighted by Gasteiger charge is 2.52. The average Bonchev–Trinajstić information content (AvgIpc) is 2.57. The number of hydrogen-bond acceptors (Lipinski definition) is 5. The molecule has 0 N–H and O–H groups in total. The standard InChI is InChI=1S/C14H20BNO4/c1-9(17)10-7-11(12(18-6)16-8-10)15-19-13(2,3)14(4,5)20-15/h7-8H,1-6H3. The summed E-state index contributed by atoms with van der Waals surface area (Å²) in [6.45, 7) is 9.39. The first-order chi connectivity index (χ1) is 9.18. The fourth-order valence-electron chi connectivity index (χ4n) is 1.97. The van der Waals surface area contributed by atoms with Crippen molar-refractivity contribution in [3.63, 3.8) is 0 Å². The van der Waals surface area contributed by atoms with Crippen LogP contribution < -0.4 is 10.2 Å². The third-order valence-electron chi connectivity index (χ3n) is 3.99. The molecule has 1 aliphatic heterocycles. The van der Waals surface area contributed by atoms with Gasteiger partial charge in [-0.25, -0.2) is 4.98 Å². The second-order valence-corrected chi connectivity index (χ2v) is 5.97. The fraction of sp³-hybridized carbons (Fsp3) is 0.571.